The van der Waals surface area contributed by atoms with Gasteiger partial charge in [0.15, 0.2) is 0 Å². The first kappa shape index (κ1) is 19.9. The van der Waals surface area contributed by atoms with Gasteiger partial charge in [-0.2, -0.15) is 0 Å². The van der Waals surface area contributed by atoms with Crippen molar-refractivity contribution < 1.29 is 9.53 Å². The van der Waals surface area contributed by atoms with Crippen LogP contribution in [-0.4, -0.2) is 29.9 Å². The Balaban J connectivity index is 1.68. The number of carbonyl (C=O) groups is 1. The number of likely N-dealkylation sites (N-methyl/N-ethyl adjacent to an activating group) is 1. The summed E-state index contributed by atoms with van der Waals surface area (Å²) >= 11 is 11.1. The van der Waals surface area contributed by atoms with Gasteiger partial charge in [0.2, 0.25) is 5.91 Å². The van der Waals surface area contributed by atoms with E-state index in [-0.39, 0.29) is 12.3 Å². The fourth-order valence-corrected chi connectivity index (χ4v) is 4.06. The van der Waals surface area contributed by atoms with Crippen LogP contribution in [0.25, 0.3) is 10.6 Å². The van der Waals surface area contributed by atoms with Crippen molar-refractivity contribution in [3.05, 3.63) is 68.6 Å². The summed E-state index contributed by atoms with van der Waals surface area (Å²) < 4.78 is 6.35. The van der Waals surface area contributed by atoms with Crippen molar-refractivity contribution in [1.29, 1.82) is 0 Å². The molecule has 1 amide bonds. The first-order valence-corrected chi connectivity index (χ1v) is 10.3. The second kappa shape index (κ2) is 8.87. The van der Waals surface area contributed by atoms with Crippen molar-refractivity contribution in [2.24, 2.45) is 0 Å². The lowest BCUT2D eigenvalue weighted by atomic mass is 10.2. The van der Waals surface area contributed by atoms with E-state index in [1.54, 1.807) is 31.2 Å². The van der Waals surface area contributed by atoms with Crippen molar-refractivity contribution in [3.8, 4) is 16.3 Å². The van der Waals surface area contributed by atoms with E-state index in [4.69, 9.17) is 16.3 Å². The van der Waals surface area contributed by atoms with Crippen LogP contribution in [0, 0.1) is 0 Å². The van der Waals surface area contributed by atoms with Crippen LogP contribution in [0.15, 0.2) is 52.3 Å². The number of rotatable bonds is 6. The lowest BCUT2D eigenvalue weighted by molar-refractivity contribution is -0.129. The Bertz CT molecular complexity index is 961. The molecule has 0 unspecified atom stereocenters. The van der Waals surface area contributed by atoms with Gasteiger partial charge in [-0.25, -0.2) is 4.98 Å². The molecule has 0 N–H and O–H groups in total. The predicted octanol–water partition coefficient (Wildman–Crippen LogP) is 5.44. The molecule has 0 fully saturated rings. The zero-order valence-corrected chi connectivity index (χ0v) is 18.1. The first-order valence-electron chi connectivity index (χ1n) is 8.23. The Kier molecular flexibility index (Phi) is 6.52. The molecule has 3 rings (SSSR count). The second-order valence-corrected chi connectivity index (χ2v) is 8.25. The van der Waals surface area contributed by atoms with Gasteiger partial charge in [-0.15, -0.1) is 11.3 Å². The number of hydrogen-bond acceptors (Lipinski definition) is 4. The highest BCUT2D eigenvalue weighted by molar-refractivity contribution is 9.10. The van der Waals surface area contributed by atoms with Crippen molar-refractivity contribution in [1.82, 2.24) is 9.88 Å². The third-order valence-electron chi connectivity index (χ3n) is 4.03. The molecule has 4 nitrogen and oxygen atoms in total. The van der Waals surface area contributed by atoms with E-state index >= 15 is 0 Å². The lowest BCUT2D eigenvalue weighted by Crippen LogP contribution is -2.28. The molecule has 0 aliphatic carbocycles. The maximum absolute atomic E-state index is 12.6. The summed E-state index contributed by atoms with van der Waals surface area (Å²) in [6, 6.07) is 13.4. The minimum atomic E-state index is -0.0110. The molecule has 1 heterocycles. The standard InChI is InChI=1S/C20H18BrClN2O2S/c1-24(11-14-9-16(22)6-7-18(14)26-2)19(25)10-17-12-27-20(23-17)13-4-3-5-15(21)8-13/h3-9,12H,10-11H2,1-2H3. The van der Waals surface area contributed by atoms with E-state index < -0.39 is 0 Å². The largest absolute Gasteiger partial charge is 0.496 e. The van der Waals surface area contributed by atoms with E-state index in [1.165, 1.54) is 11.3 Å². The van der Waals surface area contributed by atoms with E-state index in [0.29, 0.717) is 17.3 Å². The highest BCUT2D eigenvalue weighted by Gasteiger charge is 2.15. The molecule has 0 aliphatic heterocycles. The van der Waals surface area contributed by atoms with Crippen molar-refractivity contribution >= 4 is 44.8 Å². The normalized spacial score (nSPS) is 10.7. The Morgan fingerprint density at radius 1 is 1.30 bits per heavy atom. The van der Waals surface area contributed by atoms with Crippen LogP contribution in [0.2, 0.25) is 5.02 Å². The summed E-state index contributed by atoms with van der Waals surface area (Å²) in [4.78, 5) is 18.9. The van der Waals surface area contributed by atoms with Crippen LogP contribution < -0.4 is 4.74 Å². The fraction of sp³-hybridized carbons (Fsp3) is 0.200. The summed E-state index contributed by atoms with van der Waals surface area (Å²) in [5, 5.41) is 3.45. The van der Waals surface area contributed by atoms with Gasteiger partial charge in [0.25, 0.3) is 0 Å². The third-order valence-corrected chi connectivity index (χ3v) is 5.70. The van der Waals surface area contributed by atoms with Gasteiger partial charge in [0.1, 0.15) is 10.8 Å². The van der Waals surface area contributed by atoms with Crippen LogP contribution in [0.3, 0.4) is 0 Å². The zero-order chi connectivity index (χ0) is 19.4. The molecule has 0 atom stereocenters. The zero-order valence-electron chi connectivity index (χ0n) is 14.9. The van der Waals surface area contributed by atoms with Crippen LogP contribution in [0.4, 0.5) is 0 Å². The van der Waals surface area contributed by atoms with E-state index in [2.05, 4.69) is 20.9 Å². The Morgan fingerprint density at radius 3 is 2.85 bits per heavy atom. The maximum atomic E-state index is 12.6. The Morgan fingerprint density at radius 2 is 2.11 bits per heavy atom. The van der Waals surface area contributed by atoms with Crippen LogP contribution >= 0.6 is 38.9 Å². The molecular weight excluding hydrogens is 448 g/mol. The fourth-order valence-electron chi connectivity index (χ4n) is 2.65. The van der Waals surface area contributed by atoms with Crippen molar-refractivity contribution in [2.75, 3.05) is 14.2 Å². The Labute approximate surface area is 175 Å². The van der Waals surface area contributed by atoms with Crippen LogP contribution in [-0.2, 0) is 17.8 Å². The average Bonchev–Trinajstić information content (AvgIpc) is 3.10. The minimum absolute atomic E-state index is 0.0110. The summed E-state index contributed by atoms with van der Waals surface area (Å²) in [7, 11) is 3.37. The monoisotopic (exact) mass is 464 g/mol. The summed E-state index contributed by atoms with van der Waals surface area (Å²) in [5.74, 6) is 0.702. The van der Waals surface area contributed by atoms with Gasteiger partial charge in [-0.05, 0) is 30.3 Å². The predicted molar refractivity (Wildman–Crippen MR) is 113 cm³/mol. The van der Waals surface area contributed by atoms with Crippen molar-refractivity contribution in [3.63, 3.8) is 0 Å². The number of nitrogens with zero attached hydrogens (tertiary/aromatic N) is 2. The number of carbonyl (C=O) groups excluding carboxylic acids is 1. The van der Waals surface area contributed by atoms with Crippen molar-refractivity contribution in [2.45, 2.75) is 13.0 Å². The van der Waals surface area contributed by atoms with Gasteiger partial charge >= 0.3 is 0 Å². The number of benzene rings is 2. The highest BCUT2D eigenvalue weighted by Crippen LogP contribution is 2.27. The van der Waals surface area contributed by atoms with Crippen LogP contribution in [0.1, 0.15) is 11.3 Å². The van der Waals surface area contributed by atoms with Gasteiger partial charge < -0.3 is 9.64 Å². The first-order chi connectivity index (χ1) is 13.0. The van der Waals surface area contributed by atoms with Crippen LogP contribution in [0.5, 0.6) is 5.75 Å². The molecule has 0 saturated heterocycles. The molecule has 140 valence electrons. The van der Waals surface area contributed by atoms with Gasteiger partial charge in [0.05, 0.1) is 19.2 Å². The molecule has 2 aromatic carbocycles. The smallest absolute Gasteiger partial charge is 0.228 e. The molecule has 0 saturated carbocycles. The topological polar surface area (TPSA) is 42.4 Å². The van der Waals surface area contributed by atoms with E-state index in [1.807, 2.05) is 35.7 Å². The summed E-state index contributed by atoms with van der Waals surface area (Å²) in [6.45, 7) is 0.422. The van der Waals surface area contributed by atoms with E-state index in [9.17, 15) is 4.79 Å². The number of hydrogen-bond donors (Lipinski definition) is 0. The molecule has 1 aromatic heterocycles. The average molecular weight is 466 g/mol. The van der Waals surface area contributed by atoms with Gasteiger partial charge in [-0.3, -0.25) is 4.79 Å². The Hall–Kier alpha value is -1.89. The number of ether oxygens (including phenoxy) is 1. The minimum Gasteiger partial charge on any atom is -0.496 e. The number of thiazole rings is 1. The van der Waals surface area contributed by atoms with Gasteiger partial charge in [-0.1, -0.05) is 39.7 Å². The number of methoxy groups -OCH3 is 1. The number of amides is 1. The van der Waals surface area contributed by atoms with E-state index in [0.717, 1.165) is 26.3 Å². The SMILES string of the molecule is COc1ccc(Cl)cc1CN(C)C(=O)Cc1csc(-c2cccc(Br)c2)n1. The lowest BCUT2D eigenvalue weighted by Gasteiger charge is -2.18. The third kappa shape index (κ3) is 5.09. The quantitative estimate of drug-likeness (QED) is 0.487. The molecular formula is C20H18BrClN2O2S. The molecule has 0 spiro atoms. The van der Waals surface area contributed by atoms with Gasteiger partial charge in [0, 0.05) is 39.6 Å². The molecule has 3 aromatic rings. The summed E-state index contributed by atoms with van der Waals surface area (Å²) in [6.07, 6.45) is 0.254. The maximum Gasteiger partial charge on any atom is 0.228 e. The number of halogens is 2. The second-order valence-electron chi connectivity index (χ2n) is 6.04. The molecule has 7 heteroatoms. The summed E-state index contributed by atoms with van der Waals surface area (Å²) in [5.41, 5.74) is 2.67. The molecule has 27 heavy (non-hydrogen) atoms. The molecule has 0 aliphatic rings. The molecule has 0 radical (unpaired) electrons. The molecule has 0 bridgehead atoms. The number of aromatic nitrogens is 1. The highest BCUT2D eigenvalue weighted by atomic mass is 79.9.